The molecule has 0 radical (unpaired) electrons. The summed E-state index contributed by atoms with van der Waals surface area (Å²) in [6.45, 7) is 4.33. The molecule has 4 rings (SSSR count). The Bertz CT molecular complexity index is 705. The molecule has 2 heteroatoms. The maximum absolute atomic E-state index is 5.57. The van der Waals surface area contributed by atoms with Gasteiger partial charge in [0, 0.05) is 11.6 Å². The minimum Gasteiger partial charge on any atom is -0.496 e. The lowest BCUT2D eigenvalue weighted by atomic mass is 9.96. The molecule has 1 heterocycles. The molecule has 0 saturated heterocycles. The Balaban J connectivity index is 1.86. The number of nitrogens with one attached hydrogen (secondary N) is 1. The molecule has 2 nitrogen and oxygen atoms in total. The van der Waals surface area contributed by atoms with Crippen LogP contribution in [0.25, 0.3) is 0 Å². The van der Waals surface area contributed by atoms with Crippen LogP contribution in [0, 0.1) is 13.8 Å². The molecule has 2 atom stereocenters. The quantitative estimate of drug-likeness (QED) is 0.837. The average Bonchev–Trinajstić information content (AvgIpc) is 2.96. The van der Waals surface area contributed by atoms with E-state index >= 15 is 0 Å². The normalized spacial score (nSPS) is 21.9. The van der Waals surface area contributed by atoms with E-state index in [-0.39, 0.29) is 0 Å². The summed E-state index contributed by atoms with van der Waals surface area (Å²) >= 11 is 0. The maximum Gasteiger partial charge on any atom is 0.124 e. The maximum atomic E-state index is 5.57. The van der Waals surface area contributed by atoms with E-state index in [0.29, 0.717) is 12.0 Å². The van der Waals surface area contributed by atoms with Crippen LogP contribution in [-0.4, -0.2) is 7.11 Å². The van der Waals surface area contributed by atoms with Gasteiger partial charge in [0.05, 0.1) is 13.2 Å². The minimum atomic E-state index is 0.436. The van der Waals surface area contributed by atoms with Crippen molar-refractivity contribution < 1.29 is 4.74 Å². The number of rotatable bonds is 1. The van der Waals surface area contributed by atoms with Gasteiger partial charge < -0.3 is 10.1 Å². The highest BCUT2D eigenvalue weighted by Gasteiger charge is 2.40. The molecular weight excluding hydrogens is 246 g/mol. The highest BCUT2D eigenvalue weighted by atomic mass is 16.5. The standard InChI is InChI=1S/C18H19NO/c1-10-8-14-13(11(2)18(10)20-3)9-15-12-6-4-5-7-16(12)19-17(14)15/h4-8,15,17,19H,9H2,1-3H3/t15-,17-/m1/s1. The van der Waals surface area contributed by atoms with Crippen LogP contribution in [0.15, 0.2) is 30.3 Å². The molecule has 2 aromatic rings. The first kappa shape index (κ1) is 11.8. The van der Waals surface area contributed by atoms with Crippen LogP contribution in [0.4, 0.5) is 5.69 Å². The van der Waals surface area contributed by atoms with Crippen LogP contribution in [-0.2, 0) is 6.42 Å². The van der Waals surface area contributed by atoms with Gasteiger partial charge >= 0.3 is 0 Å². The zero-order valence-electron chi connectivity index (χ0n) is 12.2. The van der Waals surface area contributed by atoms with E-state index in [4.69, 9.17) is 4.74 Å². The fourth-order valence-electron chi connectivity index (χ4n) is 4.04. The highest BCUT2D eigenvalue weighted by Crippen LogP contribution is 2.53. The zero-order chi connectivity index (χ0) is 13.9. The average molecular weight is 265 g/mol. The Morgan fingerprint density at radius 1 is 1.15 bits per heavy atom. The molecule has 2 aliphatic rings. The van der Waals surface area contributed by atoms with Crippen molar-refractivity contribution in [2.24, 2.45) is 0 Å². The third-order valence-electron chi connectivity index (χ3n) is 4.91. The van der Waals surface area contributed by atoms with Crippen LogP contribution in [0.2, 0.25) is 0 Å². The first-order chi connectivity index (χ1) is 9.70. The molecule has 0 unspecified atom stereocenters. The van der Waals surface area contributed by atoms with Gasteiger partial charge in [0.2, 0.25) is 0 Å². The van der Waals surface area contributed by atoms with Crippen molar-refractivity contribution in [1.82, 2.24) is 0 Å². The third kappa shape index (κ3) is 1.39. The number of ether oxygens (including phenoxy) is 1. The molecule has 1 aliphatic heterocycles. The number of anilines is 1. The largest absolute Gasteiger partial charge is 0.496 e. The van der Waals surface area contributed by atoms with Crippen molar-refractivity contribution in [2.75, 3.05) is 12.4 Å². The van der Waals surface area contributed by atoms with Crippen molar-refractivity contribution in [2.45, 2.75) is 32.2 Å². The summed E-state index contributed by atoms with van der Waals surface area (Å²) in [4.78, 5) is 0. The predicted octanol–water partition coefficient (Wildman–Crippen LogP) is 4.12. The lowest BCUT2D eigenvalue weighted by Gasteiger charge is -2.16. The fourth-order valence-corrected chi connectivity index (χ4v) is 4.04. The predicted molar refractivity (Wildman–Crippen MR) is 81.7 cm³/mol. The number of fused-ring (bicyclic) bond motifs is 5. The summed E-state index contributed by atoms with van der Waals surface area (Å²) in [5.74, 6) is 1.63. The van der Waals surface area contributed by atoms with Crippen molar-refractivity contribution in [1.29, 1.82) is 0 Å². The van der Waals surface area contributed by atoms with E-state index in [0.717, 1.165) is 12.2 Å². The summed E-state index contributed by atoms with van der Waals surface area (Å²) < 4.78 is 5.57. The Morgan fingerprint density at radius 2 is 1.95 bits per heavy atom. The highest BCUT2D eigenvalue weighted by molar-refractivity contribution is 5.66. The minimum absolute atomic E-state index is 0.436. The molecule has 0 fully saturated rings. The van der Waals surface area contributed by atoms with Crippen LogP contribution in [0.1, 0.15) is 39.8 Å². The van der Waals surface area contributed by atoms with Gasteiger partial charge in [-0.1, -0.05) is 24.3 Å². The van der Waals surface area contributed by atoms with Gasteiger partial charge in [0.25, 0.3) is 0 Å². The van der Waals surface area contributed by atoms with Gasteiger partial charge in [-0.25, -0.2) is 0 Å². The lowest BCUT2D eigenvalue weighted by Crippen LogP contribution is -2.06. The fraction of sp³-hybridized carbons (Fsp3) is 0.333. The Morgan fingerprint density at radius 3 is 2.75 bits per heavy atom. The molecule has 0 saturated carbocycles. The van der Waals surface area contributed by atoms with Crippen molar-refractivity contribution >= 4 is 5.69 Å². The lowest BCUT2D eigenvalue weighted by molar-refractivity contribution is 0.408. The van der Waals surface area contributed by atoms with Crippen LogP contribution >= 0.6 is 0 Å². The second-order valence-corrected chi connectivity index (χ2v) is 5.94. The van der Waals surface area contributed by atoms with Crippen molar-refractivity contribution in [3.05, 3.63) is 58.1 Å². The Labute approximate surface area is 119 Å². The van der Waals surface area contributed by atoms with E-state index in [9.17, 15) is 0 Å². The molecule has 102 valence electrons. The smallest absolute Gasteiger partial charge is 0.124 e. The topological polar surface area (TPSA) is 21.3 Å². The number of hydrogen-bond donors (Lipinski definition) is 1. The van der Waals surface area contributed by atoms with E-state index in [1.54, 1.807) is 7.11 Å². The molecule has 2 aromatic carbocycles. The number of methoxy groups -OCH3 is 1. The molecule has 1 aliphatic carbocycles. The van der Waals surface area contributed by atoms with Crippen LogP contribution < -0.4 is 10.1 Å². The summed E-state index contributed by atoms with van der Waals surface area (Å²) in [7, 11) is 1.77. The number of hydrogen-bond acceptors (Lipinski definition) is 2. The van der Waals surface area contributed by atoms with Crippen LogP contribution in [0.5, 0.6) is 5.75 Å². The first-order valence-electron chi connectivity index (χ1n) is 7.23. The first-order valence-corrected chi connectivity index (χ1v) is 7.23. The van der Waals surface area contributed by atoms with E-state index in [1.807, 2.05) is 0 Å². The summed E-state index contributed by atoms with van der Waals surface area (Å²) in [5, 5.41) is 3.70. The molecular formula is C18H19NO. The van der Waals surface area contributed by atoms with Gasteiger partial charge in [-0.2, -0.15) is 0 Å². The Kier molecular flexibility index (Phi) is 2.38. The van der Waals surface area contributed by atoms with Gasteiger partial charge in [-0.05, 0) is 54.2 Å². The third-order valence-corrected chi connectivity index (χ3v) is 4.91. The van der Waals surface area contributed by atoms with Crippen LogP contribution in [0.3, 0.4) is 0 Å². The number of aryl methyl sites for hydroxylation is 1. The summed E-state index contributed by atoms with van der Waals surface area (Å²) in [6, 6.07) is 11.5. The van der Waals surface area contributed by atoms with Gasteiger partial charge in [-0.3, -0.25) is 0 Å². The van der Waals surface area contributed by atoms with Gasteiger partial charge in [0.1, 0.15) is 5.75 Å². The zero-order valence-corrected chi connectivity index (χ0v) is 12.2. The van der Waals surface area contributed by atoms with E-state index < -0.39 is 0 Å². The number of benzene rings is 2. The monoisotopic (exact) mass is 265 g/mol. The second kappa shape index (κ2) is 4.02. The van der Waals surface area contributed by atoms with E-state index in [1.165, 1.54) is 33.5 Å². The molecule has 1 N–H and O–H groups in total. The Hall–Kier alpha value is -1.96. The molecule has 0 spiro atoms. The van der Waals surface area contributed by atoms with Crippen molar-refractivity contribution in [3.8, 4) is 5.75 Å². The van der Waals surface area contributed by atoms with Crippen molar-refractivity contribution in [3.63, 3.8) is 0 Å². The molecule has 20 heavy (non-hydrogen) atoms. The summed E-state index contributed by atoms with van der Waals surface area (Å²) in [6.07, 6.45) is 1.12. The summed E-state index contributed by atoms with van der Waals surface area (Å²) in [5.41, 5.74) is 8.26. The second-order valence-electron chi connectivity index (χ2n) is 5.94. The van der Waals surface area contributed by atoms with Gasteiger partial charge in [0.15, 0.2) is 0 Å². The van der Waals surface area contributed by atoms with E-state index in [2.05, 4.69) is 49.5 Å². The molecule has 0 aromatic heterocycles. The molecule has 0 amide bonds. The SMILES string of the molecule is COc1c(C)cc2c(c1C)C[C@@H]1c3ccccc3N[C@H]21. The number of para-hydroxylation sites is 1. The van der Waals surface area contributed by atoms with Gasteiger partial charge in [-0.15, -0.1) is 0 Å². The molecule has 0 bridgehead atoms.